The fraction of sp³-hybridized carbons (Fsp3) is 0.333. The SMILES string of the molecule is CC(C)(C)c1ccccc1NC(=O)C(N)=O. The molecule has 0 heterocycles. The molecule has 0 aliphatic carbocycles. The van der Waals surface area contributed by atoms with Gasteiger partial charge in [0.25, 0.3) is 0 Å². The van der Waals surface area contributed by atoms with E-state index in [1.165, 1.54) is 0 Å². The van der Waals surface area contributed by atoms with E-state index >= 15 is 0 Å². The molecule has 0 aliphatic rings. The van der Waals surface area contributed by atoms with Crippen molar-refractivity contribution in [3.8, 4) is 0 Å². The summed E-state index contributed by atoms with van der Waals surface area (Å²) in [7, 11) is 0. The molecule has 0 saturated carbocycles. The second-order valence-electron chi connectivity index (χ2n) is 4.61. The minimum absolute atomic E-state index is 0.110. The quantitative estimate of drug-likeness (QED) is 0.702. The summed E-state index contributed by atoms with van der Waals surface area (Å²) < 4.78 is 0. The van der Waals surface area contributed by atoms with Gasteiger partial charge < -0.3 is 11.1 Å². The fourth-order valence-electron chi connectivity index (χ4n) is 1.43. The Morgan fingerprint density at radius 2 is 1.75 bits per heavy atom. The lowest BCUT2D eigenvalue weighted by Gasteiger charge is -2.22. The molecule has 0 atom stereocenters. The molecule has 0 spiro atoms. The number of amides is 2. The number of hydrogen-bond donors (Lipinski definition) is 2. The van der Waals surface area contributed by atoms with Crippen molar-refractivity contribution in [3.63, 3.8) is 0 Å². The highest BCUT2D eigenvalue weighted by atomic mass is 16.2. The van der Waals surface area contributed by atoms with E-state index in [1.54, 1.807) is 12.1 Å². The summed E-state index contributed by atoms with van der Waals surface area (Å²) in [4.78, 5) is 21.9. The Labute approximate surface area is 94.8 Å². The zero-order valence-electron chi connectivity index (χ0n) is 9.70. The van der Waals surface area contributed by atoms with E-state index in [9.17, 15) is 9.59 Å². The molecule has 0 bridgehead atoms. The highest BCUT2D eigenvalue weighted by molar-refractivity contribution is 6.39. The van der Waals surface area contributed by atoms with E-state index in [1.807, 2.05) is 32.9 Å². The minimum Gasteiger partial charge on any atom is -0.361 e. The van der Waals surface area contributed by atoms with Crippen LogP contribution in [0.15, 0.2) is 24.3 Å². The number of para-hydroxylation sites is 1. The van der Waals surface area contributed by atoms with Gasteiger partial charge in [-0.25, -0.2) is 0 Å². The second kappa shape index (κ2) is 4.35. The molecule has 86 valence electrons. The third kappa shape index (κ3) is 2.82. The van der Waals surface area contributed by atoms with Crippen LogP contribution in [-0.2, 0) is 15.0 Å². The van der Waals surface area contributed by atoms with E-state index in [2.05, 4.69) is 5.32 Å². The molecule has 2 amide bonds. The molecule has 0 saturated heterocycles. The van der Waals surface area contributed by atoms with E-state index in [4.69, 9.17) is 5.73 Å². The monoisotopic (exact) mass is 220 g/mol. The number of anilines is 1. The van der Waals surface area contributed by atoms with Crippen LogP contribution in [0.5, 0.6) is 0 Å². The van der Waals surface area contributed by atoms with Crippen LogP contribution in [0, 0.1) is 0 Å². The predicted octanol–water partition coefficient (Wildman–Crippen LogP) is 1.41. The van der Waals surface area contributed by atoms with E-state index in [-0.39, 0.29) is 5.41 Å². The molecule has 0 fully saturated rings. The molecule has 16 heavy (non-hydrogen) atoms. The summed E-state index contributed by atoms with van der Waals surface area (Å²) in [6, 6.07) is 7.35. The molecular weight excluding hydrogens is 204 g/mol. The molecule has 0 unspecified atom stereocenters. The average molecular weight is 220 g/mol. The summed E-state index contributed by atoms with van der Waals surface area (Å²) in [5.41, 5.74) is 6.37. The van der Waals surface area contributed by atoms with Crippen LogP contribution in [0.25, 0.3) is 0 Å². The maximum Gasteiger partial charge on any atom is 0.313 e. The van der Waals surface area contributed by atoms with E-state index in [0.717, 1.165) is 5.56 Å². The first-order valence-corrected chi connectivity index (χ1v) is 5.02. The number of nitrogens with two attached hydrogens (primary N) is 1. The van der Waals surface area contributed by atoms with Crippen LogP contribution < -0.4 is 11.1 Å². The molecule has 4 heteroatoms. The Morgan fingerprint density at radius 3 is 2.25 bits per heavy atom. The van der Waals surface area contributed by atoms with Gasteiger partial charge in [0.2, 0.25) is 0 Å². The van der Waals surface area contributed by atoms with Crippen molar-refractivity contribution in [1.82, 2.24) is 0 Å². The Morgan fingerprint density at radius 1 is 1.19 bits per heavy atom. The highest BCUT2D eigenvalue weighted by Gasteiger charge is 2.19. The number of rotatable bonds is 1. The summed E-state index contributed by atoms with van der Waals surface area (Å²) in [5, 5.41) is 2.50. The molecule has 3 N–H and O–H groups in total. The van der Waals surface area contributed by atoms with Gasteiger partial charge in [0.1, 0.15) is 0 Å². The van der Waals surface area contributed by atoms with Crippen molar-refractivity contribution in [3.05, 3.63) is 29.8 Å². The Hall–Kier alpha value is -1.84. The third-order valence-corrected chi connectivity index (χ3v) is 2.21. The molecule has 4 nitrogen and oxygen atoms in total. The lowest BCUT2D eigenvalue weighted by atomic mass is 9.86. The predicted molar refractivity (Wildman–Crippen MR) is 63.0 cm³/mol. The van der Waals surface area contributed by atoms with Crippen LogP contribution in [0.2, 0.25) is 0 Å². The standard InChI is InChI=1S/C12H16N2O2/c1-12(2,3)8-6-4-5-7-9(8)14-11(16)10(13)15/h4-7H,1-3H3,(H2,13,15)(H,14,16). The van der Waals surface area contributed by atoms with E-state index < -0.39 is 11.8 Å². The first kappa shape index (κ1) is 12.2. The van der Waals surface area contributed by atoms with Crippen molar-refractivity contribution in [2.75, 3.05) is 5.32 Å². The Bertz CT molecular complexity index is 419. The van der Waals surface area contributed by atoms with Gasteiger partial charge in [-0.3, -0.25) is 9.59 Å². The number of hydrogen-bond acceptors (Lipinski definition) is 2. The number of primary amides is 1. The third-order valence-electron chi connectivity index (χ3n) is 2.21. The van der Waals surface area contributed by atoms with Gasteiger partial charge in [0.05, 0.1) is 0 Å². The van der Waals surface area contributed by atoms with Crippen LogP contribution in [0.4, 0.5) is 5.69 Å². The summed E-state index contributed by atoms with van der Waals surface area (Å²) in [6.07, 6.45) is 0. The van der Waals surface area contributed by atoms with Crippen LogP contribution in [0.1, 0.15) is 26.3 Å². The first-order chi connectivity index (χ1) is 7.32. The number of nitrogens with one attached hydrogen (secondary N) is 1. The Kier molecular flexibility index (Phi) is 3.32. The van der Waals surface area contributed by atoms with Gasteiger partial charge in [-0.15, -0.1) is 0 Å². The molecular formula is C12H16N2O2. The van der Waals surface area contributed by atoms with Gasteiger partial charge in [-0.1, -0.05) is 39.0 Å². The summed E-state index contributed by atoms with van der Waals surface area (Å²) in [5.74, 6) is -1.78. The van der Waals surface area contributed by atoms with Crippen molar-refractivity contribution < 1.29 is 9.59 Å². The van der Waals surface area contributed by atoms with Crippen molar-refractivity contribution in [1.29, 1.82) is 0 Å². The summed E-state index contributed by atoms with van der Waals surface area (Å²) in [6.45, 7) is 6.09. The lowest BCUT2D eigenvalue weighted by molar-refractivity contribution is -0.134. The minimum atomic E-state index is -0.983. The molecule has 1 rings (SSSR count). The highest BCUT2D eigenvalue weighted by Crippen LogP contribution is 2.28. The zero-order valence-corrected chi connectivity index (χ0v) is 9.70. The largest absolute Gasteiger partial charge is 0.361 e. The van der Waals surface area contributed by atoms with Gasteiger partial charge in [0.15, 0.2) is 0 Å². The van der Waals surface area contributed by atoms with Crippen molar-refractivity contribution in [2.45, 2.75) is 26.2 Å². The fourth-order valence-corrected chi connectivity index (χ4v) is 1.43. The maximum atomic E-state index is 11.2. The van der Waals surface area contributed by atoms with Crippen molar-refractivity contribution in [2.24, 2.45) is 5.73 Å². The van der Waals surface area contributed by atoms with Gasteiger partial charge >= 0.3 is 11.8 Å². The number of carbonyl (C=O) groups is 2. The van der Waals surface area contributed by atoms with Crippen LogP contribution in [0.3, 0.4) is 0 Å². The Balaban J connectivity index is 3.05. The second-order valence-corrected chi connectivity index (χ2v) is 4.61. The maximum absolute atomic E-state index is 11.2. The van der Waals surface area contributed by atoms with Gasteiger partial charge in [-0.05, 0) is 17.0 Å². The normalized spacial score (nSPS) is 10.9. The molecule has 0 aromatic heterocycles. The number of benzene rings is 1. The van der Waals surface area contributed by atoms with Crippen molar-refractivity contribution >= 4 is 17.5 Å². The first-order valence-electron chi connectivity index (χ1n) is 5.02. The molecule has 1 aromatic carbocycles. The lowest BCUT2D eigenvalue weighted by Crippen LogP contribution is -2.30. The topological polar surface area (TPSA) is 72.2 Å². The van der Waals surface area contributed by atoms with Crippen LogP contribution in [-0.4, -0.2) is 11.8 Å². The molecule has 1 aromatic rings. The number of carbonyl (C=O) groups excluding carboxylic acids is 2. The molecule has 0 radical (unpaired) electrons. The smallest absolute Gasteiger partial charge is 0.313 e. The van der Waals surface area contributed by atoms with Gasteiger partial charge in [-0.2, -0.15) is 0 Å². The zero-order chi connectivity index (χ0) is 12.3. The molecule has 0 aliphatic heterocycles. The van der Waals surface area contributed by atoms with E-state index in [0.29, 0.717) is 5.69 Å². The average Bonchev–Trinajstić information content (AvgIpc) is 2.16. The van der Waals surface area contributed by atoms with Gasteiger partial charge in [0, 0.05) is 5.69 Å². The summed E-state index contributed by atoms with van der Waals surface area (Å²) >= 11 is 0. The van der Waals surface area contributed by atoms with Crippen LogP contribution >= 0.6 is 0 Å².